The third kappa shape index (κ3) is 2.12. The lowest BCUT2D eigenvalue weighted by Gasteiger charge is -2.14. The van der Waals surface area contributed by atoms with Crippen molar-refractivity contribution in [3.05, 3.63) is 32.9 Å². The minimum Gasteiger partial charge on any atom is -0.506 e. The van der Waals surface area contributed by atoms with E-state index in [1.54, 1.807) is 6.92 Å². The lowest BCUT2D eigenvalue weighted by Crippen LogP contribution is -1.95. The molecule has 0 spiro atoms. The van der Waals surface area contributed by atoms with Crippen molar-refractivity contribution in [1.82, 2.24) is 5.16 Å². The molecule has 5 nitrogen and oxygen atoms in total. The van der Waals surface area contributed by atoms with Crippen molar-refractivity contribution in [2.75, 3.05) is 0 Å². The van der Waals surface area contributed by atoms with Crippen LogP contribution in [0, 0.1) is 20.8 Å². The van der Waals surface area contributed by atoms with Crippen molar-refractivity contribution in [2.24, 2.45) is 0 Å². The van der Waals surface area contributed by atoms with Gasteiger partial charge in [-0.3, -0.25) is 0 Å². The van der Waals surface area contributed by atoms with Crippen LogP contribution in [0.2, 0.25) is 0 Å². The summed E-state index contributed by atoms with van der Waals surface area (Å²) >= 11 is 3.32. The summed E-state index contributed by atoms with van der Waals surface area (Å²) in [6.07, 6.45) is 0. The van der Waals surface area contributed by atoms with Crippen LogP contribution in [-0.4, -0.2) is 21.3 Å². The van der Waals surface area contributed by atoms with E-state index < -0.39 is 5.97 Å². The maximum Gasteiger partial charge on any atom is 0.358 e. The van der Waals surface area contributed by atoms with Gasteiger partial charge in [-0.1, -0.05) is 5.16 Å². The molecule has 0 saturated carbocycles. The molecular weight excluding hydrogens is 314 g/mol. The third-order valence-corrected chi connectivity index (χ3v) is 4.15. The number of benzene rings is 1. The minimum absolute atomic E-state index is 0.143. The van der Waals surface area contributed by atoms with Crippen LogP contribution in [0.5, 0.6) is 5.75 Å². The number of hydrogen-bond acceptors (Lipinski definition) is 4. The highest BCUT2D eigenvalue weighted by atomic mass is 79.9. The van der Waals surface area contributed by atoms with Gasteiger partial charge in [0.15, 0.2) is 11.5 Å². The van der Waals surface area contributed by atoms with E-state index in [-0.39, 0.29) is 11.4 Å². The lowest BCUT2D eigenvalue weighted by atomic mass is 9.95. The van der Waals surface area contributed by atoms with E-state index in [0.717, 1.165) is 16.7 Å². The molecule has 0 atom stereocenters. The second-order valence-corrected chi connectivity index (χ2v) is 5.09. The Morgan fingerprint density at radius 2 is 1.89 bits per heavy atom. The lowest BCUT2D eigenvalue weighted by molar-refractivity contribution is 0.0686. The predicted octanol–water partition coefficient (Wildman–Crippen LogP) is 3.43. The van der Waals surface area contributed by atoms with Crippen molar-refractivity contribution >= 4 is 21.9 Å². The van der Waals surface area contributed by atoms with Gasteiger partial charge >= 0.3 is 5.97 Å². The number of hydrogen-bond donors (Lipinski definition) is 2. The first-order chi connectivity index (χ1) is 8.84. The topological polar surface area (TPSA) is 83.6 Å². The van der Waals surface area contributed by atoms with E-state index in [4.69, 9.17) is 9.63 Å². The highest BCUT2D eigenvalue weighted by Gasteiger charge is 2.20. The largest absolute Gasteiger partial charge is 0.506 e. The van der Waals surface area contributed by atoms with E-state index in [1.807, 2.05) is 13.8 Å². The van der Waals surface area contributed by atoms with Gasteiger partial charge in [-0.25, -0.2) is 4.79 Å². The Hall–Kier alpha value is -1.82. The van der Waals surface area contributed by atoms with E-state index >= 15 is 0 Å². The number of aromatic carboxylic acids is 1. The number of carboxylic acids is 1. The summed E-state index contributed by atoms with van der Waals surface area (Å²) in [5, 5.41) is 22.3. The van der Waals surface area contributed by atoms with E-state index in [1.165, 1.54) is 6.07 Å². The molecule has 2 N–H and O–H groups in total. The Balaban J connectivity index is 2.71. The summed E-state index contributed by atoms with van der Waals surface area (Å²) in [6, 6.07) is 1.38. The monoisotopic (exact) mass is 325 g/mol. The molecule has 0 radical (unpaired) electrons. The predicted molar refractivity (Wildman–Crippen MR) is 72.5 cm³/mol. The van der Waals surface area contributed by atoms with Crippen LogP contribution in [0.1, 0.15) is 27.2 Å². The van der Waals surface area contributed by atoms with Crippen molar-refractivity contribution in [3.8, 4) is 17.1 Å². The molecule has 1 aromatic carbocycles. The molecule has 6 heteroatoms. The number of carboxylic acid groups (broad SMARTS) is 1. The van der Waals surface area contributed by atoms with E-state index in [0.29, 0.717) is 15.8 Å². The molecule has 0 aliphatic rings. The zero-order chi connectivity index (χ0) is 14.3. The second kappa shape index (κ2) is 4.70. The Morgan fingerprint density at radius 3 is 2.42 bits per heavy atom. The van der Waals surface area contributed by atoms with Crippen molar-refractivity contribution in [1.29, 1.82) is 0 Å². The van der Waals surface area contributed by atoms with Gasteiger partial charge in [-0.2, -0.15) is 0 Å². The van der Waals surface area contributed by atoms with Crippen molar-refractivity contribution < 1.29 is 19.5 Å². The SMILES string of the molecule is Cc1c(C)c(-c2cc(C(=O)O)no2)c(C)c(Br)c1O. The van der Waals surface area contributed by atoms with Crippen LogP contribution >= 0.6 is 15.9 Å². The molecule has 0 fully saturated rings. The molecule has 0 saturated heterocycles. The van der Waals surface area contributed by atoms with Gasteiger partial charge in [0, 0.05) is 11.6 Å². The van der Waals surface area contributed by atoms with Gasteiger partial charge in [0.25, 0.3) is 0 Å². The van der Waals surface area contributed by atoms with Gasteiger partial charge in [0.05, 0.1) is 4.47 Å². The first-order valence-electron chi connectivity index (χ1n) is 5.53. The first-order valence-corrected chi connectivity index (χ1v) is 6.32. The van der Waals surface area contributed by atoms with Gasteiger partial charge in [-0.05, 0) is 53.4 Å². The molecule has 0 aliphatic carbocycles. The fourth-order valence-corrected chi connectivity index (χ4v) is 2.46. The minimum atomic E-state index is -1.14. The maximum atomic E-state index is 10.8. The Morgan fingerprint density at radius 1 is 1.26 bits per heavy atom. The normalized spacial score (nSPS) is 10.7. The van der Waals surface area contributed by atoms with Crippen LogP contribution in [0.15, 0.2) is 15.1 Å². The molecule has 0 bridgehead atoms. The van der Waals surface area contributed by atoms with Gasteiger partial charge < -0.3 is 14.7 Å². The average Bonchev–Trinajstić information content (AvgIpc) is 2.84. The number of halogens is 1. The van der Waals surface area contributed by atoms with Gasteiger partial charge in [0.2, 0.25) is 0 Å². The summed E-state index contributed by atoms with van der Waals surface area (Å²) in [7, 11) is 0. The fraction of sp³-hybridized carbons (Fsp3) is 0.231. The maximum absolute atomic E-state index is 10.8. The van der Waals surface area contributed by atoms with Crippen LogP contribution in [0.4, 0.5) is 0 Å². The van der Waals surface area contributed by atoms with Crippen molar-refractivity contribution in [3.63, 3.8) is 0 Å². The zero-order valence-electron chi connectivity index (χ0n) is 10.6. The fourth-order valence-electron chi connectivity index (χ4n) is 1.96. The molecule has 2 aromatic rings. The molecule has 0 aliphatic heterocycles. The molecule has 2 rings (SSSR count). The van der Waals surface area contributed by atoms with Crippen LogP contribution < -0.4 is 0 Å². The number of phenolic OH excluding ortho intramolecular Hbond substituents is 1. The molecule has 1 aromatic heterocycles. The summed E-state index contributed by atoms with van der Waals surface area (Å²) in [4.78, 5) is 10.8. The standard InChI is InChI=1S/C13H12BrNO4/c1-5-6(2)12(16)11(14)7(3)10(5)9-4-8(13(17)18)15-19-9/h4,16H,1-3H3,(H,17,18). The third-order valence-electron chi connectivity index (χ3n) is 3.18. The Labute approximate surface area is 118 Å². The Bertz CT molecular complexity index is 647. The second-order valence-electron chi connectivity index (χ2n) is 4.29. The molecule has 0 unspecified atom stereocenters. The number of aromatic hydroxyl groups is 1. The summed E-state index contributed by atoms with van der Waals surface area (Å²) < 4.78 is 5.66. The van der Waals surface area contributed by atoms with Crippen molar-refractivity contribution in [2.45, 2.75) is 20.8 Å². The van der Waals surface area contributed by atoms with E-state index in [2.05, 4.69) is 21.1 Å². The first kappa shape index (κ1) is 13.6. The average molecular weight is 326 g/mol. The molecule has 0 amide bonds. The van der Waals surface area contributed by atoms with Crippen LogP contribution in [0.25, 0.3) is 11.3 Å². The number of aromatic nitrogens is 1. The quantitative estimate of drug-likeness (QED) is 0.883. The van der Waals surface area contributed by atoms with Crippen LogP contribution in [-0.2, 0) is 0 Å². The Kier molecular flexibility index (Phi) is 3.36. The molecule has 19 heavy (non-hydrogen) atoms. The van der Waals surface area contributed by atoms with Gasteiger partial charge in [-0.15, -0.1) is 0 Å². The highest BCUT2D eigenvalue weighted by molar-refractivity contribution is 9.10. The number of rotatable bonds is 2. The number of carbonyl (C=O) groups is 1. The molecule has 1 heterocycles. The van der Waals surface area contributed by atoms with Gasteiger partial charge in [0.1, 0.15) is 5.75 Å². The number of nitrogens with zero attached hydrogens (tertiary/aromatic N) is 1. The number of phenols is 1. The van der Waals surface area contributed by atoms with Crippen LogP contribution in [0.3, 0.4) is 0 Å². The molecular formula is C13H12BrNO4. The smallest absolute Gasteiger partial charge is 0.358 e. The summed E-state index contributed by atoms with van der Waals surface area (Å²) in [5.74, 6) is -0.590. The summed E-state index contributed by atoms with van der Waals surface area (Å²) in [5.41, 5.74) is 2.90. The van der Waals surface area contributed by atoms with E-state index in [9.17, 15) is 9.90 Å². The molecule has 100 valence electrons. The summed E-state index contributed by atoms with van der Waals surface area (Å²) in [6.45, 7) is 5.44. The zero-order valence-corrected chi connectivity index (χ0v) is 12.2. The highest BCUT2D eigenvalue weighted by Crippen LogP contribution is 2.40.